The number of alkyl halides is 3. The Hall–Kier alpha value is -1.03. The van der Waals surface area contributed by atoms with Crippen molar-refractivity contribution in [3.63, 3.8) is 0 Å². The lowest BCUT2D eigenvalue weighted by Gasteiger charge is -2.33. The number of nitrogens with one attached hydrogen (secondary N) is 1. The molecule has 0 heterocycles. The second-order valence-electron chi connectivity index (χ2n) is 4.02. The van der Waals surface area contributed by atoms with E-state index in [0.717, 1.165) is 5.56 Å². The van der Waals surface area contributed by atoms with Gasteiger partial charge in [0.25, 0.3) is 0 Å². The lowest BCUT2D eigenvalue weighted by molar-refractivity contribution is -0.195. The van der Waals surface area contributed by atoms with Crippen LogP contribution in [0, 0.1) is 6.92 Å². The Morgan fingerprint density at radius 2 is 1.62 bits per heavy atom. The minimum atomic E-state index is -4.31. The summed E-state index contributed by atoms with van der Waals surface area (Å²) in [5, 5.41) is 2.51. The van der Waals surface area contributed by atoms with Crippen LogP contribution in [0.4, 0.5) is 13.2 Å². The van der Waals surface area contributed by atoms with Gasteiger partial charge in [-0.1, -0.05) is 36.8 Å². The van der Waals surface area contributed by atoms with E-state index in [4.69, 9.17) is 0 Å². The quantitative estimate of drug-likeness (QED) is 0.840. The molecule has 0 spiro atoms. The minimum absolute atomic E-state index is 0.243. The van der Waals surface area contributed by atoms with Crippen molar-refractivity contribution in [3.05, 3.63) is 35.4 Å². The Labute approximate surface area is 93.7 Å². The molecule has 0 fully saturated rings. The highest BCUT2D eigenvalue weighted by Gasteiger charge is 2.51. The number of hydrogen-bond acceptors (Lipinski definition) is 1. The summed E-state index contributed by atoms with van der Waals surface area (Å²) < 4.78 is 39.0. The molecule has 1 nitrogen and oxygen atoms in total. The zero-order valence-corrected chi connectivity index (χ0v) is 9.65. The van der Waals surface area contributed by atoms with Crippen molar-refractivity contribution < 1.29 is 13.2 Å². The summed E-state index contributed by atoms with van der Waals surface area (Å²) in [5.41, 5.74) is -0.785. The lowest BCUT2D eigenvalue weighted by Crippen LogP contribution is -2.51. The molecular formula is C12H16F3N. The highest BCUT2D eigenvalue weighted by Crippen LogP contribution is 2.38. The molecule has 0 aromatic heterocycles. The number of aryl methyl sites for hydroxylation is 1. The number of rotatable bonds is 3. The molecule has 0 bridgehead atoms. The summed E-state index contributed by atoms with van der Waals surface area (Å²) in [4.78, 5) is 0. The zero-order valence-electron chi connectivity index (χ0n) is 9.65. The summed E-state index contributed by atoms with van der Waals surface area (Å²) in [6, 6.07) is 6.42. The van der Waals surface area contributed by atoms with E-state index >= 15 is 0 Å². The Morgan fingerprint density at radius 3 is 2.00 bits per heavy atom. The largest absolute Gasteiger partial charge is 0.410 e. The van der Waals surface area contributed by atoms with Gasteiger partial charge in [-0.25, -0.2) is 0 Å². The SMILES string of the molecule is CCNC(C)(c1ccc(C)cc1)C(F)(F)F. The molecule has 1 unspecified atom stereocenters. The van der Waals surface area contributed by atoms with Crippen LogP contribution in [-0.4, -0.2) is 12.7 Å². The van der Waals surface area contributed by atoms with Crippen molar-refractivity contribution in [1.29, 1.82) is 0 Å². The Balaban J connectivity index is 3.16. The van der Waals surface area contributed by atoms with E-state index in [1.807, 2.05) is 6.92 Å². The molecular weight excluding hydrogens is 215 g/mol. The molecule has 0 saturated carbocycles. The van der Waals surface area contributed by atoms with Gasteiger partial charge in [0.05, 0.1) is 0 Å². The minimum Gasteiger partial charge on any atom is -0.300 e. The van der Waals surface area contributed by atoms with Gasteiger partial charge in [0.2, 0.25) is 0 Å². The molecule has 0 aliphatic heterocycles. The first-order chi connectivity index (χ1) is 7.31. The smallest absolute Gasteiger partial charge is 0.300 e. The molecule has 0 amide bonds. The third-order valence-corrected chi connectivity index (χ3v) is 2.73. The Kier molecular flexibility index (Phi) is 3.63. The van der Waals surface area contributed by atoms with Crippen molar-refractivity contribution in [3.8, 4) is 0 Å². The summed E-state index contributed by atoms with van der Waals surface area (Å²) in [5.74, 6) is 0. The van der Waals surface area contributed by atoms with Crippen LogP contribution >= 0.6 is 0 Å². The third-order valence-electron chi connectivity index (χ3n) is 2.73. The van der Waals surface area contributed by atoms with Crippen LogP contribution in [0.15, 0.2) is 24.3 Å². The van der Waals surface area contributed by atoms with E-state index in [0.29, 0.717) is 0 Å². The molecule has 0 saturated heterocycles. The van der Waals surface area contributed by atoms with Gasteiger partial charge < -0.3 is 5.32 Å². The maximum Gasteiger partial charge on any atom is 0.410 e. The molecule has 4 heteroatoms. The molecule has 16 heavy (non-hydrogen) atoms. The summed E-state index contributed by atoms with van der Waals surface area (Å²) >= 11 is 0. The molecule has 1 rings (SSSR count). The fraction of sp³-hybridized carbons (Fsp3) is 0.500. The van der Waals surface area contributed by atoms with Crippen molar-refractivity contribution in [2.24, 2.45) is 0 Å². The van der Waals surface area contributed by atoms with Crippen LogP contribution in [0.1, 0.15) is 25.0 Å². The van der Waals surface area contributed by atoms with Gasteiger partial charge >= 0.3 is 6.18 Å². The first-order valence-corrected chi connectivity index (χ1v) is 5.20. The van der Waals surface area contributed by atoms with Crippen LogP contribution in [0.5, 0.6) is 0 Å². The van der Waals surface area contributed by atoms with Crippen molar-refractivity contribution in [2.75, 3.05) is 6.54 Å². The third kappa shape index (κ3) is 2.38. The van der Waals surface area contributed by atoms with Crippen molar-refractivity contribution >= 4 is 0 Å². The number of halogens is 3. The van der Waals surface area contributed by atoms with Crippen LogP contribution < -0.4 is 5.32 Å². The van der Waals surface area contributed by atoms with Crippen LogP contribution in [-0.2, 0) is 5.54 Å². The summed E-state index contributed by atoms with van der Waals surface area (Å²) in [6.07, 6.45) is -4.31. The molecule has 1 aromatic carbocycles. The second kappa shape index (κ2) is 4.45. The topological polar surface area (TPSA) is 12.0 Å². The summed E-state index contributed by atoms with van der Waals surface area (Å²) in [6.45, 7) is 4.95. The number of hydrogen-bond donors (Lipinski definition) is 1. The first kappa shape index (κ1) is 13.0. The van der Waals surface area contributed by atoms with E-state index in [2.05, 4.69) is 5.32 Å². The molecule has 1 atom stereocenters. The predicted octanol–water partition coefficient (Wildman–Crippen LogP) is 3.38. The fourth-order valence-electron chi connectivity index (χ4n) is 1.61. The number of benzene rings is 1. The highest BCUT2D eigenvalue weighted by atomic mass is 19.4. The molecule has 90 valence electrons. The van der Waals surface area contributed by atoms with Crippen molar-refractivity contribution in [1.82, 2.24) is 5.32 Å². The Morgan fingerprint density at radius 1 is 1.12 bits per heavy atom. The maximum atomic E-state index is 13.0. The predicted molar refractivity (Wildman–Crippen MR) is 58.3 cm³/mol. The van der Waals surface area contributed by atoms with Crippen LogP contribution in [0.25, 0.3) is 0 Å². The molecule has 1 aromatic rings. The Bertz CT molecular complexity index is 342. The van der Waals surface area contributed by atoms with E-state index < -0.39 is 11.7 Å². The van der Waals surface area contributed by atoms with Gasteiger partial charge in [0.15, 0.2) is 0 Å². The fourth-order valence-corrected chi connectivity index (χ4v) is 1.61. The summed E-state index contributed by atoms with van der Waals surface area (Å²) in [7, 11) is 0. The molecule has 1 N–H and O–H groups in total. The zero-order chi connectivity index (χ0) is 12.4. The standard InChI is InChI=1S/C12H16F3N/c1-4-16-11(3,12(13,14)15)10-7-5-9(2)6-8-10/h5-8,16H,4H2,1-3H3. The molecule has 0 radical (unpaired) electrons. The van der Waals surface area contributed by atoms with Crippen LogP contribution in [0.3, 0.4) is 0 Å². The maximum absolute atomic E-state index is 13.0. The van der Waals surface area contributed by atoms with E-state index in [1.165, 1.54) is 19.1 Å². The average Bonchev–Trinajstić information content (AvgIpc) is 2.17. The van der Waals surface area contributed by atoms with Gasteiger partial charge in [0.1, 0.15) is 5.54 Å². The van der Waals surface area contributed by atoms with E-state index in [9.17, 15) is 13.2 Å². The van der Waals surface area contributed by atoms with Crippen molar-refractivity contribution in [2.45, 2.75) is 32.5 Å². The van der Waals surface area contributed by atoms with Gasteiger partial charge in [-0.2, -0.15) is 13.2 Å². The van der Waals surface area contributed by atoms with Gasteiger partial charge in [-0.05, 0) is 26.0 Å². The van der Waals surface area contributed by atoms with E-state index in [1.54, 1.807) is 19.1 Å². The second-order valence-corrected chi connectivity index (χ2v) is 4.02. The van der Waals surface area contributed by atoms with E-state index in [-0.39, 0.29) is 12.1 Å². The highest BCUT2D eigenvalue weighted by molar-refractivity contribution is 5.29. The first-order valence-electron chi connectivity index (χ1n) is 5.20. The van der Waals surface area contributed by atoms with Gasteiger partial charge in [-0.15, -0.1) is 0 Å². The monoisotopic (exact) mass is 231 g/mol. The molecule has 0 aliphatic carbocycles. The van der Waals surface area contributed by atoms with Crippen LogP contribution in [0.2, 0.25) is 0 Å². The van der Waals surface area contributed by atoms with Gasteiger partial charge in [-0.3, -0.25) is 0 Å². The molecule has 0 aliphatic rings. The average molecular weight is 231 g/mol. The normalized spacial score (nSPS) is 15.9. The lowest BCUT2D eigenvalue weighted by atomic mass is 9.90. The van der Waals surface area contributed by atoms with Gasteiger partial charge in [0, 0.05) is 0 Å².